The van der Waals surface area contributed by atoms with Crippen LogP contribution in [0.3, 0.4) is 0 Å². The second-order valence-corrected chi connectivity index (χ2v) is 9.31. The lowest BCUT2D eigenvalue weighted by Crippen LogP contribution is -2.42. The number of carbonyl (C=O) groups is 1. The lowest BCUT2D eigenvalue weighted by atomic mass is 9.95. The molecule has 1 aromatic carbocycles. The number of hydrogen-bond donors (Lipinski definition) is 1. The molecule has 6 nitrogen and oxygen atoms in total. The van der Waals surface area contributed by atoms with Gasteiger partial charge in [-0.25, -0.2) is 9.67 Å². The van der Waals surface area contributed by atoms with Crippen LogP contribution in [-0.4, -0.2) is 50.1 Å². The Labute approximate surface area is 180 Å². The Bertz CT molecular complexity index is 1140. The Kier molecular flexibility index (Phi) is 5.02. The van der Waals surface area contributed by atoms with E-state index < -0.39 is 5.92 Å². The summed E-state index contributed by atoms with van der Waals surface area (Å²) in [5.41, 5.74) is 0.971. The minimum Gasteiger partial charge on any atom is -0.348 e. The van der Waals surface area contributed by atoms with Gasteiger partial charge in [-0.3, -0.25) is 9.46 Å². The van der Waals surface area contributed by atoms with Crippen LogP contribution in [0.15, 0.2) is 42.6 Å². The number of alkyl halides is 2. The average Bonchev–Trinajstić information content (AvgIpc) is 3.44. The first-order chi connectivity index (χ1) is 14.8. The second kappa shape index (κ2) is 7.61. The summed E-state index contributed by atoms with van der Waals surface area (Å²) in [4.78, 5) is 17.0. The highest BCUT2D eigenvalue weighted by Crippen LogP contribution is 2.43. The number of hydrogen-bond acceptors (Lipinski definition) is 4. The number of amides is 1. The summed E-state index contributed by atoms with van der Waals surface area (Å²) in [6, 6.07) is 11.0. The maximum absolute atomic E-state index is 13.7. The molecule has 0 radical (unpaired) electrons. The quantitative estimate of drug-likeness (QED) is 0.604. The Morgan fingerprint density at radius 1 is 1.26 bits per heavy atom. The molecule has 2 bridgehead atoms. The number of nitrogens with one attached hydrogen (secondary N) is 1. The van der Waals surface area contributed by atoms with Gasteiger partial charge in [0.05, 0.1) is 11.7 Å². The fourth-order valence-corrected chi connectivity index (χ4v) is 6.13. The standard InChI is InChI=1S/C22H24F2N5OP/c1-22(23,24)19-4-3-5-20(27-19)28-17-8-6-13(10-14(17)12-25-28)21(30)26-16-11-15-7-9-18(16)29(15)31-2/h3-6,8,10,12,15-16,18,31H,7,9,11H2,1-2H3,(H,26,30)/t15-,16+,18+/m0/s1. The highest BCUT2D eigenvalue weighted by atomic mass is 31.1. The third-order valence-electron chi connectivity index (χ3n) is 6.34. The summed E-state index contributed by atoms with van der Waals surface area (Å²) in [5.74, 6) is -2.80. The van der Waals surface area contributed by atoms with E-state index in [1.54, 1.807) is 36.5 Å². The molecule has 1 amide bonds. The van der Waals surface area contributed by atoms with E-state index in [1.165, 1.54) is 17.2 Å². The molecule has 0 spiro atoms. The highest BCUT2D eigenvalue weighted by Gasteiger charge is 2.46. The summed E-state index contributed by atoms with van der Waals surface area (Å²) < 4.78 is 31.4. The zero-order valence-electron chi connectivity index (χ0n) is 17.3. The van der Waals surface area contributed by atoms with Gasteiger partial charge in [-0.2, -0.15) is 13.9 Å². The van der Waals surface area contributed by atoms with Crippen molar-refractivity contribution in [1.82, 2.24) is 24.8 Å². The van der Waals surface area contributed by atoms with E-state index in [9.17, 15) is 13.6 Å². The van der Waals surface area contributed by atoms with Crippen LogP contribution >= 0.6 is 8.73 Å². The van der Waals surface area contributed by atoms with Gasteiger partial charge in [-0.1, -0.05) is 14.8 Å². The number of fused-ring (bicyclic) bond motifs is 3. The second-order valence-electron chi connectivity index (χ2n) is 8.34. The van der Waals surface area contributed by atoms with Gasteiger partial charge in [0, 0.05) is 36.0 Å². The van der Waals surface area contributed by atoms with Crippen molar-refractivity contribution in [3.63, 3.8) is 0 Å². The third-order valence-corrected chi connectivity index (χ3v) is 7.56. The molecule has 4 atom stereocenters. The molecule has 1 unspecified atom stereocenters. The van der Waals surface area contributed by atoms with E-state index >= 15 is 0 Å². The molecule has 9 heteroatoms. The van der Waals surface area contributed by atoms with Gasteiger partial charge in [0.25, 0.3) is 11.8 Å². The molecule has 5 rings (SSSR count). The highest BCUT2D eigenvalue weighted by molar-refractivity contribution is 7.34. The maximum Gasteiger partial charge on any atom is 0.287 e. The van der Waals surface area contributed by atoms with Crippen molar-refractivity contribution in [3.05, 3.63) is 53.9 Å². The van der Waals surface area contributed by atoms with Crippen LogP contribution in [0.1, 0.15) is 42.2 Å². The van der Waals surface area contributed by atoms with Crippen LogP contribution in [0.25, 0.3) is 16.7 Å². The molecule has 162 valence electrons. The summed E-state index contributed by atoms with van der Waals surface area (Å²) in [7, 11) is 0.773. The van der Waals surface area contributed by atoms with Gasteiger partial charge >= 0.3 is 0 Å². The van der Waals surface area contributed by atoms with Gasteiger partial charge in [-0.05, 0) is 56.3 Å². The lowest BCUT2D eigenvalue weighted by molar-refractivity contribution is 0.0127. The molecule has 2 aliphatic heterocycles. The van der Waals surface area contributed by atoms with Crippen LogP contribution in [0.4, 0.5) is 8.78 Å². The van der Waals surface area contributed by atoms with Crippen molar-refractivity contribution in [1.29, 1.82) is 0 Å². The minimum atomic E-state index is -3.03. The van der Waals surface area contributed by atoms with Crippen LogP contribution < -0.4 is 5.32 Å². The van der Waals surface area contributed by atoms with E-state index in [0.29, 0.717) is 29.0 Å². The topological polar surface area (TPSA) is 63.1 Å². The predicted molar refractivity (Wildman–Crippen MR) is 117 cm³/mol. The normalized spacial score (nSPS) is 23.9. The molecule has 0 saturated carbocycles. The molecular weight excluding hydrogens is 419 g/mol. The Morgan fingerprint density at radius 2 is 2.10 bits per heavy atom. The van der Waals surface area contributed by atoms with Crippen LogP contribution in [0.2, 0.25) is 0 Å². The van der Waals surface area contributed by atoms with Gasteiger partial charge < -0.3 is 5.32 Å². The summed E-state index contributed by atoms with van der Waals surface area (Å²) in [6.07, 6.45) is 5.01. The third kappa shape index (κ3) is 3.62. The summed E-state index contributed by atoms with van der Waals surface area (Å²) >= 11 is 0. The molecule has 4 heterocycles. The number of nitrogens with zero attached hydrogens (tertiary/aromatic N) is 4. The zero-order chi connectivity index (χ0) is 21.8. The van der Waals surface area contributed by atoms with Crippen LogP contribution in [-0.2, 0) is 5.92 Å². The lowest BCUT2D eigenvalue weighted by Gasteiger charge is -2.23. The van der Waals surface area contributed by atoms with Crippen molar-refractivity contribution in [2.24, 2.45) is 0 Å². The Hall–Kier alpha value is -2.44. The maximum atomic E-state index is 13.7. The van der Waals surface area contributed by atoms with Gasteiger partial charge in [0.15, 0.2) is 5.82 Å². The molecule has 1 N–H and O–H groups in total. The fourth-order valence-electron chi connectivity index (χ4n) is 4.89. The largest absolute Gasteiger partial charge is 0.348 e. The molecule has 2 saturated heterocycles. The summed E-state index contributed by atoms with van der Waals surface area (Å²) in [6.45, 7) is 3.02. The number of pyridine rings is 1. The summed E-state index contributed by atoms with van der Waals surface area (Å²) in [5, 5.41) is 8.29. The minimum absolute atomic E-state index is 0.0858. The first kappa shape index (κ1) is 20.5. The Morgan fingerprint density at radius 3 is 2.84 bits per heavy atom. The molecule has 0 aliphatic carbocycles. The average molecular weight is 443 g/mol. The molecule has 31 heavy (non-hydrogen) atoms. The van der Waals surface area contributed by atoms with Gasteiger partial charge in [-0.15, -0.1) is 0 Å². The SMILES string of the molecule is CPN1[C@H]2CC[C@@H]1[C@H](NC(=O)c1ccc3c(cnn3-c3cccc(C(C)(F)F)n3)c1)C2. The predicted octanol–water partition coefficient (Wildman–Crippen LogP) is 4.09. The van der Waals surface area contributed by atoms with Crippen LogP contribution in [0, 0.1) is 0 Å². The van der Waals surface area contributed by atoms with Crippen molar-refractivity contribution >= 4 is 25.5 Å². The van der Waals surface area contributed by atoms with E-state index in [0.717, 1.165) is 33.9 Å². The number of halogens is 2. The zero-order valence-corrected chi connectivity index (χ0v) is 18.3. The van der Waals surface area contributed by atoms with Gasteiger partial charge in [0.1, 0.15) is 5.69 Å². The van der Waals surface area contributed by atoms with Crippen molar-refractivity contribution < 1.29 is 13.6 Å². The van der Waals surface area contributed by atoms with E-state index in [4.69, 9.17) is 0 Å². The van der Waals surface area contributed by atoms with Crippen molar-refractivity contribution in [2.75, 3.05) is 6.66 Å². The van der Waals surface area contributed by atoms with Crippen molar-refractivity contribution in [2.45, 2.75) is 50.2 Å². The van der Waals surface area contributed by atoms with E-state index in [2.05, 4.69) is 26.7 Å². The number of rotatable bonds is 5. The molecule has 2 aliphatic rings. The van der Waals surface area contributed by atoms with Crippen molar-refractivity contribution in [3.8, 4) is 5.82 Å². The molecule has 2 fully saturated rings. The van der Waals surface area contributed by atoms with Gasteiger partial charge in [0.2, 0.25) is 0 Å². The molecule has 3 aromatic rings. The smallest absolute Gasteiger partial charge is 0.287 e. The number of aromatic nitrogens is 3. The fraction of sp³-hybridized carbons (Fsp3) is 0.409. The van der Waals surface area contributed by atoms with E-state index in [1.807, 2.05) is 0 Å². The number of carbonyl (C=O) groups excluding carboxylic acids is 1. The molecule has 2 aromatic heterocycles. The van der Waals surface area contributed by atoms with E-state index in [-0.39, 0.29) is 17.6 Å². The first-order valence-electron chi connectivity index (χ1n) is 10.5. The number of benzene rings is 1. The first-order valence-corrected chi connectivity index (χ1v) is 11.9. The monoisotopic (exact) mass is 443 g/mol. The van der Waals surface area contributed by atoms with Crippen LogP contribution in [0.5, 0.6) is 0 Å². The molecular formula is C22H24F2N5OP. The Balaban J connectivity index is 1.38.